The molecule has 0 amide bonds. The van der Waals surface area contributed by atoms with Crippen LogP contribution in [-0.4, -0.2) is 21.3 Å². The molecule has 0 aliphatic heterocycles. The smallest absolute Gasteiger partial charge is 0.387 e. The summed E-state index contributed by atoms with van der Waals surface area (Å²) in [6.07, 6.45) is 0.987. The maximum atomic E-state index is 11.9. The summed E-state index contributed by atoms with van der Waals surface area (Å²) in [5.74, 6) is -0.195. The van der Waals surface area contributed by atoms with Gasteiger partial charge in [-0.2, -0.15) is 8.78 Å². The summed E-state index contributed by atoms with van der Waals surface area (Å²) in [6, 6.07) is 3.63. The molecule has 84 valence electrons. The average molecular weight is 301 g/mol. The summed E-state index contributed by atoms with van der Waals surface area (Å²) in [4.78, 5) is -0.0764. The minimum Gasteiger partial charge on any atom is -0.435 e. The molecule has 0 saturated carbocycles. The number of alkyl halides is 2. The van der Waals surface area contributed by atoms with E-state index in [0.29, 0.717) is 4.47 Å². The van der Waals surface area contributed by atoms with E-state index in [-0.39, 0.29) is 10.6 Å². The topological polar surface area (TPSA) is 43.4 Å². The molecule has 0 fully saturated rings. The Labute approximate surface area is 94.1 Å². The van der Waals surface area contributed by atoms with Gasteiger partial charge in [0.05, 0.1) is 4.90 Å². The highest BCUT2D eigenvalue weighted by Crippen LogP contribution is 2.25. The van der Waals surface area contributed by atoms with Crippen LogP contribution < -0.4 is 4.74 Å². The molecule has 0 saturated heterocycles. The largest absolute Gasteiger partial charge is 0.435 e. The van der Waals surface area contributed by atoms with E-state index >= 15 is 0 Å². The second-order valence-electron chi connectivity index (χ2n) is 2.77. The Balaban J connectivity index is 3.17. The number of benzene rings is 1. The molecule has 1 rings (SSSR count). The lowest BCUT2D eigenvalue weighted by molar-refractivity contribution is -0.0500. The van der Waals surface area contributed by atoms with Crippen LogP contribution in [0.25, 0.3) is 0 Å². The van der Waals surface area contributed by atoms with Gasteiger partial charge in [0.2, 0.25) is 0 Å². The quantitative estimate of drug-likeness (QED) is 0.861. The van der Waals surface area contributed by atoms with Crippen molar-refractivity contribution in [1.82, 2.24) is 0 Å². The zero-order valence-electron chi connectivity index (χ0n) is 7.58. The van der Waals surface area contributed by atoms with Gasteiger partial charge in [-0.25, -0.2) is 8.42 Å². The van der Waals surface area contributed by atoms with Crippen molar-refractivity contribution in [2.75, 3.05) is 6.26 Å². The second-order valence-corrected chi connectivity index (χ2v) is 5.70. The van der Waals surface area contributed by atoms with Crippen LogP contribution in [0.5, 0.6) is 5.75 Å². The first-order valence-electron chi connectivity index (χ1n) is 3.74. The summed E-state index contributed by atoms with van der Waals surface area (Å²) < 4.78 is 50.6. The first-order chi connectivity index (χ1) is 6.79. The summed E-state index contributed by atoms with van der Waals surface area (Å²) in [7, 11) is -3.44. The van der Waals surface area contributed by atoms with Gasteiger partial charge in [-0.05, 0) is 18.2 Å². The molecular weight excluding hydrogens is 294 g/mol. The first kappa shape index (κ1) is 12.4. The molecular formula is C8H7BrF2O3S. The van der Waals surface area contributed by atoms with Gasteiger partial charge in [-0.1, -0.05) is 15.9 Å². The molecule has 0 radical (unpaired) electrons. The van der Waals surface area contributed by atoms with Crippen molar-refractivity contribution in [2.24, 2.45) is 0 Å². The molecule has 1 aromatic carbocycles. The summed E-state index contributed by atoms with van der Waals surface area (Å²) in [5.41, 5.74) is 0. The second kappa shape index (κ2) is 4.44. The van der Waals surface area contributed by atoms with Gasteiger partial charge in [-0.15, -0.1) is 0 Å². The van der Waals surface area contributed by atoms with E-state index in [9.17, 15) is 17.2 Å². The van der Waals surface area contributed by atoms with Gasteiger partial charge < -0.3 is 4.74 Å². The summed E-state index contributed by atoms with van der Waals surface area (Å²) in [5, 5.41) is 0. The zero-order chi connectivity index (χ0) is 11.6. The van der Waals surface area contributed by atoms with Crippen molar-refractivity contribution in [3.63, 3.8) is 0 Å². The van der Waals surface area contributed by atoms with Crippen LogP contribution in [0.4, 0.5) is 8.78 Å². The standard InChI is InChI=1S/C8H7BrF2O3S/c1-15(12,13)7-3-5(9)2-6(4-7)14-8(10)11/h2-4,8H,1H3. The average Bonchev–Trinajstić information content (AvgIpc) is 1.99. The monoisotopic (exact) mass is 300 g/mol. The highest BCUT2D eigenvalue weighted by molar-refractivity contribution is 9.10. The number of halogens is 3. The van der Waals surface area contributed by atoms with Crippen LogP contribution in [-0.2, 0) is 9.84 Å². The van der Waals surface area contributed by atoms with Crippen LogP contribution in [0.3, 0.4) is 0 Å². The molecule has 0 aliphatic carbocycles. The first-order valence-corrected chi connectivity index (χ1v) is 6.43. The Morgan fingerprint density at radius 3 is 2.40 bits per heavy atom. The molecule has 0 spiro atoms. The normalized spacial score (nSPS) is 11.8. The molecule has 0 bridgehead atoms. The lowest BCUT2D eigenvalue weighted by Gasteiger charge is -2.06. The van der Waals surface area contributed by atoms with E-state index in [1.54, 1.807) is 0 Å². The predicted molar refractivity (Wildman–Crippen MR) is 53.9 cm³/mol. The van der Waals surface area contributed by atoms with Crippen LogP contribution in [0.1, 0.15) is 0 Å². The molecule has 0 atom stereocenters. The van der Waals surface area contributed by atoms with E-state index in [4.69, 9.17) is 0 Å². The maximum absolute atomic E-state index is 11.9. The number of rotatable bonds is 3. The lowest BCUT2D eigenvalue weighted by atomic mass is 10.3. The van der Waals surface area contributed by atoms with E-state index in [0.717, 1.165) is 12.3 Å². The molecule has 7 heteroatoms. The highest BCUT2D eigenvalue weighted by atomic mass is 79.9. The molecule has 3 nitrogen and oxygen atoms in total. The van der Waals surface area contributed by atoms with E-state index in [1.807, 2.05) is 0 Å². The number of hydrogen-bond donors (Lipinski definition) is 0. The molecule has 0 N–H and O–H groups in total. The molecule has 0 aliphatic rings. The minimum atomic E-state index is -3.44. The van der Waals surface area contributed by atoms with Gasteiger partial charge in [-0.3, -0.25) is 0 Å². The molecule has 0 unspecified atom stereocenters. The van der Waals surface area contributed by atoms with Crippen molar-refractivity contribution >= 4 is 25.8 Å². The van der Waals surface area contributed by atoms with Gasteiger partial charge in [0.25, 0.3) is 0 Å². The van der Waals surface area contributed by atoms with Gasteiger partial charge in [0.1, 0.15) is 5.75 Å². The number of ether oxygens (including phenoxy) is 1. The molecule has 0 aromatic heterocycles. The van der Waals surface area contributed by atoms with Gasteiger partial charge >= 0.3 is 6.61 Å². The maximum Gasteiger partial charge on any atom is 0.387 e. The Kier molecular flexibility index (Phi) is 3.67. The fraction of sp³-hybridized carbons (Fsp3) is 0.250. The van der Waals surface area contributed by atoms with E-state index in [1.165, 1.54) is 12.1 Å². The Morgan fingerprint density at radius 1 is 1.33 bits per heavy atom. The number of hydrogen-bond acceptors (Lipinski definition) is 3. The van der Waals surface area contributed by atoms with Crippen LogP contribution in [0, 0.1) is 0 Å². The van der Waals surface area contributed by atoms with Crippen LogP contribution in [0.2, 0.25) is 0 Å². The minimum absolute atomic E-state index is 0.0764. The fourth-order valence-corrected chi connectivity index (χ4v) is 2.22. The Hall–Kier alpha value is -0.690. The molecule has 15 heavy (non-hydrogen) atoms. The molecule has 1 aromatic rings. The zero-order valence-corrected chi connectivity index (χ0v) is 9.98. The predicted octanol–water partition coefficient (Wildman–Crippen LogP) is 2.45. The van der Waals surface area contributed by atoms with Crippen molar-refractivity contribution < 1.29 is 21.9 Å². The third-order valence-corrected chi connectivity index (χ3v) is 3.05. The van der Waals surface area contributed by atoms with Gasteiger partial charge in [0, 0.05) is 10.7 Å². The van der Waals surface area contributed by atoms with Crippen molar-refractivity contribution in [3.05, 3.63) is 22.7 Å². The highest BCUT2D eigenvalue weighted by Gasteiger charge is 2.12. The molecule has 0 heterocycles. The van der Waals surface area contributed by atoms with Crippen molar-refractivity contribution in [2.45, 2.75) is 11.5 Å². The third kappa shape index (κ3) is 3.75. The van der Waals surface area contributed by atoms with Gasteiger partial charge in [0.15, 0.2) is 9.84 Å². The van der Waals surface area contributed by atoms with Crippen LogP contribution >= 0.6 is 15.9 Å². The fourth-order valence-electron chi connectivity index (χ4n) is 0.922. The van der Waals surface area contributed by atoms with Crippen molar-refractivity contribution in [1.29, 1.82) is 0 Å². The van der Waals surface area contributed by atoms with E-state index in [2.05, 4.69) is 20.7 Å². The van der Waals surface area contributed by atoms with E-state index < -0.39 is 16.4 Å². The van der Waals surface area contributed by atoms with Crippen LogP contribution in [0.15, 0.2) is 27.6 Å². The Bertz CT molecular complexity index is 459. The van der Waals surface area contributed by atoms with Crippen molar-refractivity contribution in [3.8, 4) is 5.75 Å². The lowest BCUT2D eigenvalue weighted by Crippen LogP contribution is -2.04. The number of sulfone groups is 1. The Morgan fingerprint density at radius 2 is 1.93 bits per heavy atom. The SMILES string of the molecule is CS(=O)(=O)c1cc(Br)cc(OC(F)F)c1. The summed E-state index contributed by atoms with van der Waals surface area (Å²) in [6.45, 7) is -2.98. The summed E-state index contributed by atoms with van der Waals surface area (Å²) >= 11 is 3.01. The third-order valence-electron chi connectivity index (χ3n) is 1.50.